The van der Waals surface area contributed by atoms with Crippen LogP contribution in [0.3, 0.4) is 0 Å². The zero-order valence-corrected chi connectivity index (χ0v) is 19.7. The van der Waals surface area contributed by atoms with E-state index in [0.717, 1.165) is 5.56 Å². The molecule has 184 valence electrons. The van der Waals surface area contributed by atoms with Crippen molar-refractivity contribution in [3.63, 3.8) is 0 Å². The molecule has 35 heavy (non-hydrogen) atoms. The van der Waals surface area contributed by atoms with E-state index in [9.17, 15) is 15.2 Å². The van der Waals surface area contributed by atoms with Crippen LogP contribution in [0.1, 0.15) is 43.7 Å². The van der Waals surface area contributed by atoms with Gasteiger partial charge in [0.1, 0.15) is 18.7 Å². The highest BCUT2D eigenvalue weighted by atomic mass is 16.5. The minimum Gasteiger partial charge on any atom is -0.504 e. The highest BCUT2D eigenvalue weighted by Crippen LogP contribution is 2.26. The summed E-state index contributed by atoms with van der Waals surface area (Å²) in [5.74, 6) is 0.121. The molecule has 4 N–H and O–H groups in total. The molecular formula is C24H29N7O4. The predicted molar refractivity (Wildman–Crippen MR) is 126 cm³/mol. The van der Waals surface area contributed by atoms with Crippen molar-refractivity contribution in [2.75, 3.05) is 13.2 Å². The molecule has 0 aliphatic carbocycles. The summed E-state index contributed by atoms with van der Waals surface area (Å²) in [6, 6.07) is 16.9. The number of tetrazole rings is 1. The number of aromatic nitrogens is 4. The predicted octanol–water partition coefficient (Wildman–Crippen LogP) is 2.02. The topological polar surface area (TPSA) is 161 Å². The van der Waals surface area contributed by atoms with Crippen LogP contribution in [-0.2, 0) is 16.1 Å². The number of amides is 1. The number of aromatic hydroxyl groups is 1. The first-order valence-corrected chi connectivity index (χ1v) is 11.1. The lowest BCUT2D eigenvalue weighted by Crippen LogP contribution is -2.51. The van der Waals surface area contributed by atoms with E-state index in [2.05, 4.69) is 26.9 Å². The lowest BCUT2D eigenvalue weighted by Gasteiger charge is -2.25. The number of phenols is 1. The average Bonchev–Trinajstić information content (AvgIpc) is 3.31. The van der Waals surface area contributed by atoms with E-state index in [0.29, 0.717) is 6.61 Å². The van der Waals surface area contributed by atoms with Crippen molar-refractivity contribution >= 4 is 5.91 Å². The molecule has 1 heterocycles. The Morgan fingerprint density at radius 3 is 2.60 bits per heavy atom. The van der Waals surface area contributed by atoms with Crippen LogP contribution < -0.4 is 15.8 Å². The van der Waals surface area contributed by atoms with Gasteiger partial charge < -0.3 is 25.6 Å². The number of carbonyl (C=O) groups excluding carboxylic acids is 1. The van der Waals surface area contributed by atoms with E-state index < -0.39 is 23.5 Å². The van der Waals surface area contributed by atoms with Gasteiger partial charge in [-0.3, -0.25) is 4.79 Å². The number of nitrogens with one attached hydrogen (secondary N) is 1. The van der Waals surface area contributed by atoms with Gasteiger partial charge in [0.15, 0.2) is 17.3 Å². The van der Waals surface area contributed by atoms with Gasteiger partial charge in [-0.1, -0.05) is 42.5 Å². The van der Waals surface area contributed by atoms with Crippen LogP contribution in [-0.4, -0.2) is 50.0 Å². The van der Waals surface area contributed by atoms with Gasteiger partial charge in [0.05, 0.1) is 31.2 Å². The summed E-state index contributed by atoms with van der Waals surface area (Å²) in [6.07, 6.45) is 0.0273. The van der Waals surface area contributed by atoms with Crippen LogP contribution >= 0.6 is 0 Å². The van der Waals surface area contributed by atoms with Gasteiger partial charge >= 0.3 is 0 Å². The second-order valence-corrected chi connectivity index (χ2v) is 8.52. The van der Waals surface area contributed by atoms with Crippen molar-refractivity contribution in [1.29, 1.82) is 5.26 Å². The van der Waals surface area contributed by atoms with E-state index in [1.54, 1.807) is 32.0 Å². The Labute approximate surface area is 203 Å². The fourth-order valence-corrected chi connectivity index (χ4v) is 3.17. The number of ether oxygens (including phenoxy) is 2. The number of nitrogens with two attached hydrogens (primary N) is 1. The van der Waals surface area contributed by atoms with Crippen LogP contribution in [0.4, 0.5) is 0 Å². The van der Waals surface area contributed by atoms with Gasteiger partial charge in [0, 0.05) is 0 Å². The minimum atomic E-state index is -1.14. The first-order valence-electron chi connectivity index (χ1n) is 11.1. The van der Waals surface area contributed by atoms with Crippen molar-refractivity contribution in [1.82, 2.24) is 25.5 Å². The Balaban J connectivity index is 1.81. The lowest BCUT2D eigenvalue weighted by molar-refractivity contribution is -0.126. The molecule has 2 aromatic carbocycles. The second kappa shape index (κ2) is 11.9. The van der Waals surface area contributed by atoms with Crippen molar-refractivity contribution in [2.45, 2.75) is 44.5 Å². The molecule has 0 bridgehead atoms. The monoisotopic (exact) mass is 479 g/mol. The Morgan fingerprint density at radius 2 is 1.91 bits per heavy atom. The molecule has 1 amide bonds. The molecule has 3 rings (SSSR count). The number of nitriles is 1. The largest absolute Gasteiger partial charge is 0.504 e. The molecule has 0 radical (unpaired) electrons. The number of benzene rings is 2. The fourth-order valence-electron chi connectivity index (χ4n) is 3.17. The smallest absolute Gasteiger partial charge is 0.240 e. The molecule has 11 nitrogen and oxygen atoms in total. The van der Waals surface area contributed by atoms with Gasteiger partial charge in [-0.2, -0.15) is 5.26 Å². The Bertz CT molecular complexity index is 1140. The summed E-state index contributed by atoms with van der Waals surface area (Å²) in [5, 5.41) is 34.1. The highest BCUT2D eigenvalue weighted by Gasteiger charge is 2.30. The number of nitrogens with zero attached hydrogens (tertiary/aromatic N) is 5. The standard InChI is InChI=1S/C24H29N7O4/c1-24(2,26)23(33)27-19(16-34-14-17-8-4-3-5-9-17)22-28-29-30-31(22)18(12-13-25)15-35-21-11-7-6-10-20(21)32/h3-11,18-19,32H,12,14-16,26H2,1-2H3,(H,27,33)/t18-,19+/m0/s1. The number of hydrogen-bond acceptors (Lipinski definition) is 9. The van der Waals surface area contributed by atoms with Gasteiger partial charge in [-0.05, 0) is 42.0 Å². The van der Waals surface area contributed by atoms with Gasteiger partial charge in [0.2, 0.25) is 5.91 Å². The van der Waals surface area contributed by atoms with E-state index in [4.69, 9.17) is 15.2 Å². The highest BCUT2D eigenvalue weighted by molar-refractivity contribution is 5.85. The third-order valence-corrected chi connectivity index (χ3v) is 5.09. The van der Waals surface area contributed by atoms with Crippen molar-refractivity contribution in [3.8, 4) is 17.6 Å². The molecule has 11 heteroatoms. The van der Waals surface area contributed by atoms with Crippen LogP contribution in [0.2, 0.25) is 0 Å². The first-order chi connectivity index (χ1) is 16.8. The maximum atomic E-state index is 12.7. The quantitative estimate of drug-likeness (QED) is 0.353. The van der Waals surface area contributed by atoms with E-state index in [1.165, 1.54) is 10.7 Å². The van der Waals surface area contributed by atoms with Crippen molar-refractivity contribution in [2.24, 2.45) is 5.73 Å². The summed E-state index contributed by atoms with van der Waals surface area (Å²) < 4.78 is 13.0. The molecule has 0 aliphatic heterocycles. The average molecular weight is 480 g/mol. The zero-order chi connectivity index (χ0) is 25.3. The molecule has 2 atom stereocenters. The molecule has 0 spiro atoms. The number of hydrogen-bond donors (Lipinski definition) is 3. The van der Waals surface area contributed by atoms with E-state index >= 15 is 0 Å². The molecule has 0 saturated carbocycles. The third kappa shape index (κ3) is 7.23. The van der Waals surface area contributed by atoms with Crippen LogP contribution in [0.5, 0.6) is 11.5 Å². The minimum absolute atomic E-state index is 0.0110. The number of rotatable bonds is 12. The van der Waals surface area contributed by atoms with Crippen LogP contribution in [0, 0.1) is 11.3 Å². The molecular weight excluding hydrogens is 450 g/mol. The van der Waals surface area contributed by atoms with E-state index in [1.807, 2.05) is 30.3 Å². The molecule has 1 aromatic heterocycles. The molecule has 3 aromatic rings. The number of carbonyl (C=O) groups is 1. The van der Waals surface area contributed by atoms with Crippen LogP contribution in [0.15, 0.2) is 54.6 Å². The normalized spacial score (nSPS) is 13.0. The maximum absolute atomic E-state index is 12.7. The van der Waals surface area contributed by atoms with E-state index in [-0.39, 0.29) is 37.0 Å². The summed E-state index contributed by atoms with van der Waals surface area (Å²) in [7, 11) is 0. The van der Waals surface area contributed by atoms with Gasteiger partial charge in [-0.15, -0.1) is 5.10 Å². The van der Waals surface area contributed by atoms with Gasteiger partial charge in [0.25, 0.3) is 0 Å². The lowest BCUT2D eigenvalue weighted by atomic mass is 10.1. The second-order valence-electron chi connectivity index (χ2n) is 8.52. The SMILES string of the molecule is CC(C)(N)C(=O)N[C@H](COCc1ccccc1)c1nnnn1[C@@H](CC#N)COc1ccccc1O. The maximum Gasteiger partial charge on any atom is 0.240 e. The molecule has 0 unspecified atom stereocenters. The molecule has 0 saturated heterocycles. The molecule has 0 fully saturated rings. The van der Waals surface area contributed by atoms with Crippen molar-refractivity contribution < 1.29 is 19.4 Å². The summed E-state index contributed by atoms with van der Waals surface area (Å²) in [5.41, 5.74) is 5.80. The summed E-state index contributed by atoms with van der Waals surface area (Å²) in [6.45, 7) is 3.57. The Morgan fingerprint density at radius 1 is 1.20 bits per heavy atom. The van der Waals surface area contributed by atoms with Crippen LogP contribution in [0.25, 0.3) is 0 Å². The first kappa shape index (κ1) is 25.6. The zero-order valence-electron chi connectivity index (χ0n) is 19.7. The Hall–Kier alpha value is -4.01. The number of phenolic OH excluding ortho intramolecular Hbond substituents is 1. The summed E-state index contributed by atoms with van der Waals surface area (Å²) >= 11 is 0. The molecule has 0 aliphatic rings. The summed E-state index contributed by atoms with van der Waals surface area (Å²) in [4.78, 5) is 12.7. The number of para-hydroxylation sites is 2. The Kier molecular flexibility index (Phi) is 8.72. The van der Waals surface area contributed by atoms with Crippen molar-refractivity contribution in [3.05, 3.63) is 66.0 Å². The van der Waals surface area contributed by atoms with Gasteiger partial charge in [-0.25, -0.2) is 4.68 Å². The fraction of sp³-hybridized carbons (Fsp3) is 0.375. The third-order valence-electron chi connectivity index (χ3n) is 5.09.